The Labute approximate surface area is 178 Å². The Morgan fingerprint density at radius 1 is 1.20 bits per heavy atom. The van der Waals surface area contributed by atoms with E-state index in [0.717, 1.165) is 16.8 Å². The van der Waals surface area contributed by atoms with Gasteiger partial charge in [0, 0.05) is 17.5 Å². The van der Waals surface area contributed by atoms with Crippen LogP contribution in [0.2, 0.25) is 0 Å². The number of hydrogen-bond acceptors (Lipinski definition) is 6. The van der Waals surface area contributed by atoms with Crippen molar-refractivity contribution < 1.29 is 14.6 Å². The zero-order chi connectivity index (χ0) is 21.3. The zero-order valence-corrected chi connectivity index (χ0v) is 17.5. The average Bonchev–Trinajstić information content (AvgIpc) is 3.33. The monoisotopic (exact) mass is 419 g/mol. The summed E-state index contributed by atoms with van der Waals surface area (Å²) in [6, 6.07) is 15.2. The number of carbonyl (C=O) groups excluding carboxylic acids is 1. The highest BCUT2D eigenvalue weighted by molar-refractivity contribution is 7.11. The number of aliphatic hydroxyl groups excluding tert-OH is 1. The zero-order valence-electron chi connectivity index (χ0n) is 16.7. The Bertz CT molecular complexity index is 1130. The molecule has 0 atom stereocenters. The third-order valence-corrected chi connectivity index (χ3v) is 5.86. The summed E-state index contributed by atoms with van der Waals surface area (Å²) in [5, 5.41) is 21.7. The molecule has 30 heavy (non-hydrogen) atoms. The van der Waals surface area contributed by atoms with Gasteiger partial charge in [-0.25, -0.2) is 9.78 Å². The number of carbonyl (C=O) groups is 1. The van der Waals surface area contributed by atoms with Crippen LogP contribution >= 0.6 is 11.3 Å². The number of aromatic nitrogens is 1. The predicted octanol–water partition coefficient (Wildman–Crippen LogP) is 4.67. The fraction of sp³-hybridized carbons (Fsp3) is 0.174. The molecule has 0 bridgehead atoms. The number of amidine groups is 1. The summed E-state index contributed by atoms with van der Waals surface area (Å²) in [7, 11) is 1.35. The summed E-state index contributed by atoms with van der Waals surface area (Å²) in [5.41, 5.74) is 4.91. The van der Waals surface area contributed by atoms with Gasteiger partial charge in [0.05, 0.1) is 30.5 Å². The summed E-state index contributed by atoms with van der Waals surface area (Å²) in [6.07, 6.45) is 0. The van der Waals surface area contributed by atoms with Crippen molar-refractivity contribution >= 4 is 28.7 Å². The average molecular weight is 420 g/mol. The van der Waals surface area contributed by atoms with E-state index in [0.29, 0.717) is 22.7 Å². The van der Waals surface area contributed by atoms with Gasteiger partial charge in [-0.05, 0) is 24.6 Å². The second kappa shape index (κ2) is 8.12. The maximum Gasteiger partial charge on any atom is 0.337 e. The summed E-state index contributed by atoms with van der Waals surface area (Å²) in [6.45, 7) is 2.74. The van der Waals surface area contributed by atoms with E-state index in [1.807, 2.05) is 48.7 Å². The number of nitrogens with one attached hydrogen (secondary N) is 1. The lowest BCUT2D eigenvalue weighted by molar-refractivity contribution is 0.0600. The second-order valence-electron chi connectivity index (χ2n) is 7.12. The molecule has 2 aromatic carbocycles. The molecule has 6 nitrogen and oxygen atoms in total. The first-order chi connectivity index (χ1) is 14.5. The standard InChI is InChI=1S/C23H21N3O3S/c1-14-3-7-16(8-4-14)18-13-30-22(25-18)20-19(27)12-26(21(20)24)11-15-5-9-17(10-6-15)23(28)29-2/h3-10,13,24,27H,11-12H2,1-2H3. The smallest absolute Gasteiger partial charge is 0.337 e. The molecule has 7 heteroatoms. The molecule has 0 spiro atoms. The van der Waals surface area contributed by atoms with Crippen molar-refractivity contribution in [3.63, 3.8) is 0 Å². The molecule has 0 amide bonds. The van der Waals surface area contributed by atoms with Crippen LogP contribution in [0.3, 0.4) is 0 Å². The van der Waals surface area contributed by atoms with Gasteiger partial charge in [-0.1, -0.05) is 42.0 Å². The van der Waals surface area contributed by atoms with Crippen molar-refractivity contribution in [1.29, 1.82) is 5.41 Å². The third kappa shape index (κ3) is 3.84. The molecule has 0 fully saturated rings. The number of aliphatic hydroxyl groups is 1. The number of ether oxygens (including phenoxy) is 1. The number of hydrogen-bond donors (Lipinski definition) is 2. The first-order valence-corrected chi connectivity index (χ1v) is 10.3. The van der Waals surface area contributed by atoms with Gasteiger partial charge >= 0.3 is 5.97 Å². The molecule has 1 aliphatic heterocycles. The molecule has 0 unspecified atom stereocenters. The normalized spacial score (nSPS) is 13.8. The molecule has 1 aromatic heterocycles. The van der Waals surface area contributed by atoms with E-state index in [1.165, 1.54) is 24.0 Å². The lowest BCUT2D eigenvalue weighted by atomic mass is 10.1. The first-order valence-electron chi connectivity index (χ1n) is 9.42. The van der Waals surface area contributed by atoms with Gasteiger partial charge in [0.25, 0.3) is 0 Å². The molecule has 4 rings (SSSR count). The van der Waals surface area contributed by atoms with E-state index in [4.69, 9.17) is 10.1 Å². The summed E-state index contributed by atoms with van der Waals surface area (Å²) >= 11 is 1.42. The van der Waals surface area contributed by atoms with Gasteiger partial charge in [-0.3, -0.25) is 5.41 Å². The highest BCUT2D eigenvalue weighted by Gasteiger charge is 2.30. The number of methoxy groups -OCH3 is 1. The van der Waals surface area contributed by atoms with Crippen LogP contribution in [0.1, 0.15) is 26.5 Å². The molecule has 0 saturated carbocycles. The van der Waals surface area contributed by atoms with Crippen LogP contribution in [0.25, 0.3) is 16.8 Å². The van der Waals surface area contributed by atoms with Crippen molar-refractivity contribution in [2.24, 2.45) is 0 Å². The largest absolute Gasteiger partial charge is 0.510 e. The molecule has 2 heterocycles. The Morgan fingerprint density at radius 2 is 1.90 bits per heavy atom. The Balaban J connectivity index is 1.50. The SMILES string of the molecule is COC(=O)c1ccc(CN2CC(O)=C(c3nc(-c4ccc(C)cc4)cs3)C2=N)cc1. The molecule has 3 aromatic rings. The minimum atomic E-state index is -0.384. The highest BCUT2D eigenvalue weighted by atomic mass is 32.1. The lowest BCUT2D eigenvalue weighted by Crippen LogP contribution is -2.26. The molecule has 0 aliphatic carbocycles. The number of nitrogens with zero attached hydrogens (tertiary/aromatic N) is 2. The predicted molar refractivity (Wildman–Crippen MR) is 118 cm³/mol. The van der Waals surface area contributed by atoms with Crippen molar-refractivity contribution in [1.82, 2.24) is 9.88 Å². The van der Waals surface area contributed by atoms with Crippen molar-refractivity contribution in [3.8, 4) is 11.3 Å². The summed E-state index contributed by atoms with van der Waals surface area (Å²) in [4.78, 5) is 18.0. The molecule has 0 saturated heterocycles. The Kier molecular flexibility index (Phi) is 5.37. The van der Waals surface area contributed by atoms with Crippen molar-refractivity contribution in [2.45, 2.75) is 13.5 Å². The highest BCUT2D eigenvalue weighted by Crippen LogP contribution is 2.32. The van der Waals surface area contributed by atoms with Crippen LogP contribution in [0.5, 0.6) is 0 Å². The van der Waals surface area contributed by atoms with Crippen LogP contribution < -0.4 is 0 Å². The maximum atomic E-state index is 11.6. The Hall–Kier alpha value is -3.45. The fourth-order valence-electron chi connectivity index (χ4n) is 3.32. The quantitative estimate of drug-likeness (QED) is 0.587. The third-order valence-electron chi connectivity index (χ3n) is 5.00. The molecule has 152 valence electrons. The van der Waals surface area contributed by atoms with Gasteiger partial charge < -0.3 is 14.7 Å². The Morgan fingerprint density at radius 3 is 2.57 bits per heavy atom. The number of aryl methyl sites for hydroxylation is 1. The van der Waals surface area contributed by atoms with Crippen molar-refractivity contribution in [3.05, 3.63) is 81.4 Å². The van der Waals surface area contributed by atoms with Crippen LogP contribution in [-0.4, -0.2) is 40.4 Å². The van der Waals surface area contributed by atoms with Gasteiger partial charge in [-0.15, -0.1) is 11.3 Å². The summed E-state index contributed by atoms with van der Waals surface area (Å²) < 4.78 is 4.71. The van der Waals surface area contributed by atoms with Crippen LogP contribution in [0.15, 0.2) is 59.7 Å². The van der Waals surface area contributed by atoms with E-state index >= 15 is 0 Å². The minimum absolute atomic E-state index is 0.149. The van der Waals surface area contributed by atoms with E-state index < -0.39 is 0 Å². The summed E-state index contributed by atoms with van der Waals surface area (Å²) in [5.74, 6) is 0.00977. The van der Waals surface area contributed by atoms with Gasteiger partial charge in [0.15, 0.2) is 0 Å². The number of esters is 1. The first kappa shape index (κ1) is 19.8. The maximum absolute atomic E-state index is 11.6. The van der Waals surface area contributed by atoms with Gasteiger partial charge in [0.2, 0.25) is 0 Å². The molecular weight excluding hydrogens is 398 g/mol. The lowest BCUT2D eigenvalue weighted by Gasteiger charge is -2.18. The number of benzene rings is 2. The van der Waals surface area contributed by atoms with Gasteiger partial charge in [0.1, 0.15) is 16.6 Å². The van der Waals surface area contributed by atoms with E-state index in [9.17, 15) is 9.90 Å². The van der Waals surface area contributed by atoms with Crippen molar-refractivity contribution in [2.75, 3.05) is 13.7 Å². The van der Waals surface area contributed by atoms with E-state index in [-0.39, 0.29) is 24.1 Å². The molecule has 0 radical (unpaired) electrons. The topological polar surface area (TPSA) is 86.5 Å². The number of thiazole rings is 1. The van der Waals surface area contributed by atoms with E-state index in [1.54, 1.807) is 17.0 Å². The number of rotatable bonds is 5. The van der Waals surface area contributed by atoms with Crippen LogP contribution in [0.4, 0.5) is 0 Å². The van der Waals surface area contributed by atoms with E-state index in [2.05, 4.69) is 4.98 Å². The van der Waals surface area contributed by atoms with Crippen LogP contribution in [0, 0.1) is 12.3 Å². The fourth-order valence-corrected chi connectivity index (χ4v) is 4.22. The minimum Gasteiger partial charge on any atom is -0.510 e. The van der Waals surface area contributed by atoms with Crippen LogP contribution in [-0.2, 0) is 11.3 Å². The second-order valence-corrected chi connectivity index (χ2v) is 7.98. The molecular formula is C23H21N3O3S. The molecule has 2 N–H and O–H groups in total. The molecule has 1 aliphatic rings. The van der Waals surface area contributed by atoms with Gasteiger partial charge in [-0.2, -0.15) is 0 Å².